The van der Waals surface area contributed by atoms with Crippen molar-refractivity contribution in [2.75, 3.05) is 81.6 Å². The van der Waals surface area contributed by atoms with E-state index in [4.69, 9.17) is 10.5 Å². The molecule has 0 bridgehead atoms. The van der Waals surface area contributed by atoms with Gasteiger partial charge in [0.2, 0.25) is 5.95 Å². The summed E-state index contributed by atoms with van der Waals surface area (Å²) in [7, 11) is 2.16. The second-order valence-corrected chi connectivity index (χ2v) is 10.8. The van der Waals surface area contributed by atoms with Crippen LogP contribution in [0.3, 0.4) is 0 Å². The van der Waals surface area contributed by atoms with Crippen molar-refractivity contribution in [3.8, 4) is 11.1 Å². The van der Waals surface area contributed by atoms with Crippen molar-refractivity contribution in [3.63, 3.8) is 0 Å². The molecule has 38 heavy (non-hydrogen) atoms. The Morgan fingerprint density at radius 2 is 1.71 bits per heavy atom. The molecule has 3 aliphatic heterocycles. The SMILES string of the molecule is CC1Cc2ccc(-c3cnn(CCN4CCOCC4)c3)cc2CN1c1cc(N2CCN(C)CC2)nc(N)n1. The Morgan fingerprint density at radius 3 is 2.53 bits per heavy atom. The number of nitrogens with zero attached hydrogens (tertiary/aromatic N) is 8. The highest BCUT2D eigenvalue weighted by Crippen LogP contribution is 2.32. The topological polar surface area (TPSA) is 91.8 Å². The lowest BCUT2D eigenvalue weighted by Gasteiger charge is -2.37. The summed E-state index contributed by atoms with van der Waals surface area (Å²) in [6, 6.07) is 9.28. The molecule has 202 valence electrons. The fourth-order valence-electron chi connectivity index (χ4n) is 5.71. The van der Waals surface area contributed by atoms with Crippen LogP contribution in [-0.2, 0) is 24.2 Å². The molecule has 3 aromatic rings. The number of anilines is 3. The Balaban J connectivity index is 1.18. The average molecular weight is 518 g/mol. The number of nitrogens with two attached hydrogens (primary N) is 1. The van der Waals surface area contributed by atoms with Crippen LogP contribution in [0.1, 0.15) is 18.1 Å². The van der Waals surface area contributed by atoms with Crippen LogP contribution < -0.4 is 15.5 Å². The van der Waals surface area contributed by atoms with E-state index in [1.165, 1.54) is 16.7 Å². The highest BCUT2D eigenvalue weighted by atomic mass is 16.5. The Labute approximate surface area is 225 Å². The third kappa shape index (κ3) is 5.48. The molecule has 2 saturated heterocycles. The highest BCUT2D eigenvalue weighted by molar-refractivity contribution is 5.65. The van der Waals surface area contributed by atoms with Crippen molar-refractivity contribution in [1.82, 2.24) is 29.5 Å². The van der Waals surface area contributed by atoms with Crippen LogP contribution >= 0.6 is 0 Å². The summed E-state index contributed by atoms with van der Waals surface area (Å²) < 4.78 is 7.52. The molecule has 0 saturated carbocycles. The quantitative estimate of drug-likeness (QED) is 0.527. The second kappa shape index (κ2) is 10.9. The van der Waals surface area contributed by atoms with Gasteiger partial charge in [-0.1, -0.05) is 12.1 Å². The second-order valence-electron chi connectivity index (χ2n) is 10.8. The number of piperazine rings is 1. The number of likely N-dealkylation sites (N-methyl/N-ethyl adjacent to an activating group) is 1. The number of hydrogen-bond donors (Lipinski definition) is 1. The summed E-state index contributed by atoms with van der Waals surface area (Å²) in [6.45, 7) is 12.6. The molecule has 2 aromatic heterocycles. The average Bonchev–Trinajstić information content (AvgIpc) is 3.41. The molecule has 0 amide bonds. The molecule has 10 nitrogen and oxygen atoms in total. The first-order chi connectivity index (χ1) is 18.5. The van der Waals surface area contributed by atoms with Crippen molar-refractivity contribution < 1.29 is 4.74 Å². The van der Waals surface area contributed by atoms with E-state index in [2.05, 4.69) is 83.8 Å². The van der Waals surface area contributed by atoms with E-state index in [9.17, 15) is 0 Å². The van der Waals surface area contributed by atoms with Gasteiger partial charge >= 0.3 is 0 Å². The first kappa shape index (κ1) is 25.1. The van der Waals surface area contributed by atoms with Crippen LogP contribution in [0.25, 0.3) is 11.1 Å². The molecule has 3 aliphatic rings. The zero-order valence-electron chi connectivity index (χ0n) is 22.6. The first-order valence-electron chi connectivity index (χ1n) is 13.8. The van der Waals surface area contributed by atoms with Crippen molar-refractivity contribution in [2.24, 2.45) is 0 Å². The van der Waals surface area contributed by atoms with E-state index in [1.807, 2.05) is 6.20 Å². The van der Waals surface area contributed by atoms with Crippen molar-refractivity contribution in [3.05, 3.63) is 47.8 Å². The molecule has 1 unspecified atom stereocenters. The number of fused-ring (bicyclic) bond motifs is 1. The van der Waals surface area contributed by atoms with Gasteiger partial charge in [-0.05, 0) is 43.1 Å². The number of morpholine rings is 1. The van der Waals surface area contributed by atoms with Crippen molar-refractivity contribution >= 4 is 17.6 Å². The summed E-state index contributed by atoms with van der Waals surface area (Å²) in [5.41, 5.74) is 11.3. The highest BCUT2D eigenvalue weighted by Gasteiger charge is 2.26. The lowest BCUT2D eigenvalue weighted by Crippen LogP contribution is -2.45. The zero-order chi connectivity index (χ0) is 26.1. The Kier molecular flexibility index (Phi) is 7.18. The van der Waals surface area contributed by atoms with E-state index < -0.39 is 0 Å². The summed E-state index contributed by atoms with van der Waals surface area (Å²) in [5, 5.41) is 4.64. The Hall–Kier alpha value is -3.21. The number of ether oxygens (including phenoxy) is 1. The number of hydrogen-bond acceptors (Lipinski definition) is 9. The molecule has 0 radical (unpaired) electrons. The summed E-state index contributed by atoms with van der Waals surface area (Å²) >= 11 is 0. The van der Waals surface area contributed by atoms with Gasteiger partial charge in [0.1, 0.15) is 11.6 Å². The van der Waals surface area contributed by atoms with Gasteiger partial charge in [-0.2, -0.15) is 15.1 Å². The van der Waals surface area contributed by atoms with Gasteiger partial charge in [0, 0.05) is 76.2 Å². The predicted octanol–water partition coefficient (Wildman–Crippen LogP) is 1.96. The fraction of sp³-hybridized carbons (Fsp3) is 0.536. The Morgan fingerprint density at radius 1 is 0.921 bits per heavy atom. The predicted molar refractivity (Wildman–Crippen MR) is 150 cm³/mol. The molecular formula is C28H39N9O. The third-order valence-corrected chi connectivity index (χ3v) is 8.15. The van der Waals surface area contributed by atoms with Crippen LogP contribution in [0.15, 0.2) is 36.7 Å². The molecule has 5 heterocycles. The molecule has 6 rings (SSSR count). The molecule has 1 atom stereocenters. The normalized spacial score (nSPS) is 21.1. The lowest BCUT2D eigenvalue weighted by atomic mass is 9.92. The van der Waals surface area contributed by atoms with Gasteiger partial charge in [-0.3, -0.25) is 9.58 Å². The summed E-state index contributed by atoms with van der Waals surface area (Å²) in [6.07, 6.45) is 5.12. The smallest absolute Gasteiger partial charge is 0.223 e. The third-order valence-electron chi connectivity index (χ3n) is 8.15. The van der Waals surface area contributed by atoms with E-state index >= 15 is 0 Å². The van der Waals surface area contributed by atoms with Gasteiger partial charge in [-0.15, -0.1) is 0 Å². The minimum atomic E-state index is 0.325. The van der Waals surface area contributed by atoms with E-state index in [0.717, 1.165) is 95.7 Å². The molecular weight excluding hydrogens is 478 g/mol. The van der Waals surface area contributed by atoms with Crippen LogP contribution in [0.5, 0.6) is 0 Å². The molecule has 0 spiro atoms. The minimum Gasteiger partial charge on any atom is -0.379 e. The number of benzene rings is 1. The monoisotopic (exact) mass is 517 g/mol. The van der Waals surface area contributed by atoms with E-state index in [-0.39, 0.29) is 0 Å². The number of rotatable bonds is 6. The lowest BCUT2D eigenvalue weighted by molar-refractivity contribution is 0.0360. The van der Waals surface area contributed by atoms with Crippen LogP contribution in [-0.4, -0.2) is 102 Å². The van der Waals surface area contributed by atoms with Crippen LogP contribution in [0, 0.1) is 0 Å². The standard InChI is InChI=1S/C28H39N9O/c1-21-15-22-3-4-23(25-18-30-36(19-25)10-7-34-11-13-38-14-12-34)16-24(22)20-37(21)27-17-26(31-28(29)32-27)35-8-5-33(2)6-9-35/h3-4,16-19,21H,5-15,20H2,1-2H3,(H2,29,31,32). The molecule has 2 N–H and O–H groups in total. The van der Waals surface area contributed by atoms with Gasteiger partial charge in [0.25, 0.3) is 0 Å². The largest absolute Gasteiger partial charge is 0.379 e. The maximum absolute atomic E-state index is 6.21. The maximum Gasteiger partial charge on any atom is 0.223 e. The molecule has 1 aromatic carbocycles. The minimum absolute atomic E-state index is 0.325. The number of aromatic nitrogens is 4. The van der Waals surface area contributed by atoms with Crippen LogP contribution in [0.4, 0.5) is 17.6 Å². The zero-order valence-corrected chi connectivity index (χ0v) is 22.6. The van der Waals surface area contributed by atoms with Gasteiger partial charge < -0.3 is 25.2 Å². The van der Waals surface area contributed by atoms with E-state index in [1.54, 1.807) is 0 Å². The summed E-state index contributed by atoms with van der Waals surface area (Å²) in [4.78, 5) is 18.7. The van der Waals surface area contributed by atoms with Gasteiger partial charge in [-0.25, -0.2) is 0 Å². The number of nitrogen functional groups attached to an aromatic ring is 1. The maximum atomic E-state index is 6.21. The molecule has 10 heteroatoms. The molecule has 2 fully saturated rings. The van der Waals surface area contributed by atoms with Gasteiger partial charge in [0.15, 0.2) is 0 Å². The summed E-state index contributed by atoms with van der Waals surface area (Å²) in [5.74, 6) is 2.18. The Bertz CT molecular complexity index is 1250. The van der Waals surface area contributed by atoms with Crippen molar-refractivity contribution in [1.29, 1.82) is 0 Å². The fourth-order valence-corrected chi connectivity index (χ4v) is 5.71. The van der Waals surface area contributed by atoms with Gasteiger partial charge in [0.05, 0.1) is 26.0 Å². The van der Waals surface area contributed by atoms with Crippen LogP contribution in [0.2, 0.25) is 0 Å². The van der Waals surface area contributed by atoms with E-state index in [0.29, 0.717) is 12.0 Å². The molecule has 0 aliphatic carbocycles. The first-order valence-corrected chi connectivity index (χ1v) is 13.8. The van der Waals surface area contributed by atoms with Crippen molar-refractivity contribution in [2.45, 2.75) is 32.5 Å².